The van der Waals surface area contributed by atoms with Crippen LogP contribution in [0.3, 0.4) is 0 Å². The van der Waals surface area contributed by atoms with E-state index < -0.39 is 18.8 Å². The lowest BCUT2D eigenvalue weighted by Gasteiger charge is -2.40. The van der Waals surface area contributed by atoms with Crippen molar-refractivity contribution in [2.24, 2.45) is 5.73 Å². The monoisotopic (exact) mass is 303 g/mol. The molecule has 7 heteroatoms. The molecule has 21 heavy (non-hydrogen) atoms. The predicted octanol–water partition coefficient (Wildman–Crippen LogP) is 1.71. The molecule has 1 unspecified atom stereocenters. The average molecular weight is 303 g/mol. The Bertz CT molecular complexity index is 459. The molecule has 1 fully saturated rings. The summed E-state index contributed by atoms with van der Waals surface area (Å²) in [6, 6.07) is 5.96. The zero-order valence-corrected chi connectivity index (χ0v) is 11.9. The van der Waals surface area contributed by atoms with Crippen molar-refractivity contribution in [2.75, 3.05) is 44.7 Å². The van der Waals surface area contributed by atoms with Crippen LogP contribution in [0.25, 0.3) is 0 Å². The van der Waals surface area contributed by atoms with Crippen molar-refractivity contribution in [1.29, 1.82) is 0 Å². The van der Waals surface area contributed by atoms with Crippen LogP contribution in [0.1, 0.15) is 0 Å². The van der Waals surface area contributed by atoms with Crippen molar-refractivity contribution in [1.82, 2.24) is 4.90 Å². The van der Waals surface area contributed by atoms with Crippen LogP contribution in [0.4, 0.5) is 18.9 Å². The highest BCUT2D eigenvalue weighted by Crippen LogP contribution is 2.30. The highest BCUT2D eigenvalue weighted by molar-refractivity contribution is 5.58. The zero-order chi connectivity index (χ0) is 15.5. The van der Waals surface area contributed by atoms with E-state index in [0.29, 0.717) is 26.2 Å². The quantitative estimate of drug-likeness (QED) is 0.919. The standard InChI is InChI=1S/C14H20F3N3O/c1-21-12-5-3-2-4-11(12)19-6-8-20(9-7-19)13(10-18)14(15,16)17/h2-5,13H,6-10,18H2,1H3. The molecule has 0 aromatic heterocycles. The van der Waals surface area contributed by atoms with Crippen molar-refractivity contribution < 1.29 is 17.9 Å². The maximum absolute atomic E-state index is 12.9. The van der Waals surface area contributed by atoms with E-state index in [1.54, 1.807) is 7.11 Å². The van der Waals surface area contributed by atoms with Gasteiger partial charge in [0.25, 0.3) is 0 Å². The van der Waals surface area contributed by atoms with E-state index in [0.717, 1.165) is 11.4 Å². The van der Waals surface area contributed by atoms with E-state index in [1.807, 2.05) is 29.2 Å². The minimum Gasteiger partial charge on any atom is -0.495 e. The van der Waals surface area contributed by atoms with Gasteiger partial charge in [-0.05, 0) is 12.1 Å². The van der Waals surface area contributed by atoms with Crippen molar-refractivity contribution in [3.8, 4) is 5.75 Å². The maximum Gasteiger partial charge on any atom is 0.405 e. The summed E-state index contributed by atoms with van der Waals surface area (Å²) in [5, 5.41) is 0. The van der Waals surface area contributed by atoms with Crippen LogP contribution in [0.15, 0.2) is 24.3 Å². The first-order valence-electron chi connectivity index (χ1n) is 6.86. The number of hydrogen-bond acceptors (Lipinski definition) is 4. The molecule has 1 aliphatic rings. The second-order valence-electron chi connectivity index (χ2n) is 4.99. The Labute approximate surface area is 122 Å². The van der Waals surface area contributed by atoms with Gasteiger partial charge in [-0.2, -0.15) is 13.2 Å². The van der Waals surface area contributed by atoms with E-state index >= 15 is 0 Å². The number of benzene rings is 1. The van der Waals surface area contributed by atoms with Crippen LogP contribution in [-0.4, -0.2) is 57.0 Å². The van der Waals surface area contributed by atoms with E-state index in [2.05, 4.69) is 0 Å². The van der Waals surface area contributed by atoms with Crippen LogP contribution in [0, 0.1) is 0 Å². The molecule has 2 N–H and O–H groups in total. The molecule has 0 spiro atoms. The number of anilines is 1. The van der Waals surface area contributed by atoms with E-state index in [9.17, 15) is 13.2 Å². The third-order valence-corrected chi connectivity index (χ3v) is 3.78. The Morgan fingerprint density at radius 1 is 1.19 bits per heavy atom. The highest BCUT2D eigenvalue weighted by atomic mass is 19.4. The minimum absolute atomic E-state index is 0.333. The van der Waals surface area contributed by atoms with Gasteiger partial charge in [-0.3, -0.25) is 4.90 Å². The van der Waals surface area contributed by atoms with Gasteiger partial charge in [-0.15, -0.1) is 0 Å². The molecule has 0 amide bonds. The molecule has 1 aliphatic heterocycles. The second kappa shape index (κ2) is 6.53. The fourth-order valence-corrected chi connectivity index (χ4v) is 2.66. The second-order valence-corrected chi connectivity index (χ2v) is 4.99. The summed E-state index contributed by atoms with van der Waals surface area (Å²) in [5.74, 6) is 0.733. The third-order valence-electron chi connectivity index (χ3n) is 3.78. The van der Waals surface area contributed by atoms with Gasteiger partial charge in [-0.1, -0.05) is 12.1 Å². The Balaban J connectivity index is 2.03. The summed E-state index contributed by atoms with van der Waals surface area (Å²) in [7, 11) is 1.59. The van der Waals surface area contributed by atoms with Crippen LogP contribution >= 0.6 is 0 Å². The predicted molar refractivity (Wildman–Crippen MR) is 75.7 cm³/mol. The van der Waals surface area contributed by atoms with Gasteiger partial charge >= 0.3 is 6.18 Å². The summed E-state index contributed by atoms with van der Waals surface area (Å²) in [6.45, 7) is 1.30. The molecule has 0 aliphatic carbocycles. The number of alkyl halides is 3. The van der Waals surface area contributed by atoms with E-state index in [1.165, 1.54) is 4.90 Å². The SMILES string of the molecule is COc1ccccc1N1CCN(C(CN)C(F)(F)F)CC1. The number of para-hydroxylation sites is 2. The number of rotatable bonds is 4. The van der Waals surface area contributed by atoms with Gasteiger partial charge in [-0.25, -0.2) is 0 Å². The topological polar surface area (TPSA) is 41.7 Å². The summed E-state index contributed by atoms with van der Waals surface area (Å²) >= 11 is 0. The van der Waals surface area contributed by atoms with E-state index in [4.69, 9.17) is 10.5 Å². The summed E-state index contributed by atoms with van der Waals surface area (Å²) in [6.07, 6.45) is -4.28. The van der Waals surface area contributed by atoms with Gasteiger partial charge in [0.1, 0.15) is 11.8 Å². The summed E-state index contributed by atoms with van der Waals surface area (Å²) < 4.78 is 44.0. The Morgan fingerprint density at radius 2 is 1.81 bits per heavy atom. The molecule has 1 aromatic carbocycles. The Morgan fingerprint density at radius 3 is 2.33 bits per heavy atom. The van der Waals surface area contributed by atoms with Crippen molar-refractivity contribution in [2.45, 2.75) is 12.2 Å². The highest BCUT2D eigenvalue weighted by Gasteiger charge is 2.43. The molecule has 0 radical (unpaired) electrons. The number of halogens is 3. The molecular formula is C14H20F3N3O. The molecule has 4 nitrogen and oxygen atoms in total. The van der Waals surface area contributed by atoms with Crippen molar-refractivity contribution >= 4 is 5.69 Å². The first-order chi connectivity index (χ1) is 9.97. The first kappa shape index (κ1) is 15.9. The number of ether oxygens (including phenoxy) is 1. The minimum atomic E-state index is -4.28. The number of methoxy groups -OCH3 is 1. The van der Waals surface area contributed by atoms with Gasteiger partial charge in [0.2, 0.25) is 0 Å². The maximum atomic E-state index is 12.9. The number of nitrogens with two attached hydrogens (primary N) is 1. The molecule has 1 aromatic rings. The normalized spacial score (nSPS) is 18.6. The zero-order valence-electron chi connectivity index (χ0n) is 11.9. The number of nitrogens with zero attached hydrogens (tertiary/aromatic N) is 2. The largest absolute Gasteiger partial charge is 0.495 e. The van der Waals surface area contributed by atoms with Gasteiger partial charge in [0, 0.05) is 32.7 Å². The molecule has 1 heterocycles. The number of hydrogen-bond donors (Lipinski definition) is 1. The lowest BCUT2D eigenvalue weighted by Crippen LogP contribution is -2.57. The fraction of sp³-hybridized carbons (Fsp3) is 0.571. The molecule has 2 rings (SSSR count). The molecule has 118 valence electrons. The van der Waals surface area contributed by atoms with E-state index in [-0.39, 0.29) is 0 Å². The van der Waals surface area contributed by atoms with Crippen LogP contribution in [-0.2, 0) is 0 Å². The summed E-state index contributed by atoms with van der Waals surface area (Å²) in [4.78, 5) is 3.45. The molecule has 0 saturated carbocycles. The average Bonchev–Trinajstić information content (AvgIpc) is 2.47. The van der Waals surface area contributed by atoms with Gasteiger partial charge in [0.15, 0.2) is 0 Å². The summed E-state index contributed by atoms with van der Waals surface area (Å²) in [5.41, 5.74) is 6.20. The Kier molecular flexibility index (Phi) is 4.95. The molecule has 1 atom stereocenters. The fourth-order valence-electron chi connectivity index (χ4n) is 2.66. The van der Waals surface area contributed by atoms with Crippen molar-refractivity contribution in [3.63, 3.8) is 0 Å². The lowest BCUT2D eigenvalue weighted by molar-refractivity contribution is -0.181. The van der Waals surface area contributed by atoms with Crippen molar-refractivity contribution in [3.05, 3.63) is 24.3 Å². The van der Waals surface area contributed by atoms with Crippen LogP contribution in [0.5, 0.6) is 5.75 Å². The van der Waals surface area contributed by atoms with Crippen LogP contribution in [0.2, 0.25) is 0 Å². The lowest BCUT2D eigenvalue weighted by atomic mass is 10.1. The molecular weight excluding hydrogens is 283 g/mol. The van der Waals surface area contributed by atoms with Gasteiger partial charge in [0.05, 0.1) is 12.8 Å². The molecule has 1 saturated heterocycles. The van der Waals surface area contributed by atoms with Gasteiger partial charge < -0.3 is 15.4 Å². The molecule has 0 bridgehead atoms. The third kappa shape index (κ3) is 3.59. The first-order valence-corrected chi connectivity index (χ1v) is 6.86. The Hall–Kier alpha value is -1.47. The smallest absolute Gasteiger partial charge is 0.405 e. The number of piperazine rings is 1. The van der Waals surface area contributed by atoms with Crippen LogP contribution < -0.4 is 15.4 Å².